The molecule has 3 heteroatoms. The topological polar surface area (TPSA) is 32.3 Å². The number of carbonyl (C=O) groups excluding carboxylic acids is 1. The van der Waals surface area contributed by atoms with Crippen LogP contribution in [0.2, 0.25) is 0 Å². The molecule has 1 aliphatic rings. The minimum Gasteiger partial charge on any atom is -0.337 e. The van der Waals surface area contributed by atoms with Crippen molar-refractivity contribution < 1.29 is 4.79 Å². The van der Waals surface area contributed by atoms with Gasteiger partial charge in [-0.3, -0.25) is 4.79 Å². The highest BCUT2D eigenvalue weighted by Crippen LogP contribution is 2.16. The van der Waals surface area contributed by atoms with Gasteiger partial charge in [0, 0.05) is 24.7 Å². The maximum absolute atomic E-state index is 12.6. The van der Waals surface area contributed by atoms with Crippen LogP contribution in [0.1, 0.15) is 61.9 Å². The zero-order chi connectivity index (χ0) is 15.2. The number of likely N-dealkylation sites (N-methyl/N-ethyl adjacent to an activating group) is 1. The van der Waals surface area contributed by atoms with E-state index in [4.69, 9.17) is 0 Å². The maximum atomic E-state index is 12.6. The number of rotatable bonds is 5. The first-order valence-corrected chi connectivity index (χ1v) is 8.24. The van der Waals surface area contributed by atoms with Crippen LogP contribution in [0.5, 0.6) is 0 Å². The fourth-order valence-corrected chi connectivity index (χ4v) is 2.89. The molecule has 1 aromatic carbocycles. The molecule has 0 saturated carbocycles. The van der Waals surface area contributed by atoms with Crippen molar-refractivity contribution in [2.75, 3.05) is 19.6 Å². The Bertz CT molecular complexity index is 447. The van der Waals surface area contributed by atoms with E-state index in [2.05, 4.69) is 38.2 Å². The number of hydrogen-bond donors (Lipinski definition) is 1. The number of amides is 1. The van der Waals surface area contributed by atoms with Gasteiger partial charge in [0.1, 0.15) is 0 Å². The Morgan fingerprint density at radius 2 is 2.00 bits per heavy atom. The second-order valence-electron chi connectivity index (χ2n) is 6.27. The molecule has 0 aliphatic carbocycles. The largest absolute Gasteiger partial charge is 0.337 e. The summed E-state index contributed by atoms with van der Waals surface area (Å²) in [5.74, 6) is 0.656. The van der Waals surface area contributed by atoms with E-state index in [-0.39, 0.29) is 5.91 Å². The van der Waals surface area contributed by atoms with Crippen molar-refractivity contribution in [3.63, 3.8) is 0 Å². The zero-order valence-electron chi connectivity index (χ0n) is 13.6. The van der Waals surface area contributed by atoms with Gasteiger partial charge >= 0.3 is 0 Å². The van der Waals surface area contributed by atoms with Gasteiger partial charge in [-0.05, 0) is 49.9 Å². The van der Waals surface area contributed by atoms with E-state index in [1.54, 1.807) is 0 Å². The van der Waals surface area contributed by atoms with Gasteiger partial charge in [-0.15, -0.1) is 0 Å². The molecular weight excluding hydrogens is 260 g/mol. The summed E-state index contributed by atoms with van der Waals surface area (Å²) in [5, 5.41) is 3.52. The highest BCUT2D eigenvalue weighted by Gasteiger charge is 2.20. The molecule has 116 valence electrons. The molecule has 1 fully saturated rings. The van der Waals surface area contributed by atoms with Crippen molar-refractivity contribution in [3.05, 3.63) is 35.4 Å². The number of nitrogens with one attached hydrogen (secondary N) is 1. The standard InChI is InChI=1S/C18H28N2O/c1-4-20(13-17-7-5-6-12-19-17)18(21)16-10-8-15(9-11-16)14(2)3/h8-11,14,17,19H,4-7,12-13H2,1-3H3. The molecule has 1 aromatic rings. The second-order valence-corrected chi connectivity index (χ2v) is 6.27. The molecule has 1 atom stereocenters. The first-order valence-electron chi connectivity index (χ1n) is 8.24. The van der Waals surface area contributed by atoms with E-state index < -0.39 is 0 Å². The maximum Gasteiger partial charge on any atom is 0.253 e. The SMILES string of the molecule is CCN(CC1CCCCN1)C(=O)c1ccc(C(C)C)cc1. The van der Waals surface area contributed by atoms with Crippen molar-refractivity contribution in [2.45, 2.75) is 52.0 Å². The van der Waals surface area contributed by atoms with Gasteiger partial charge in [-0.1, -0.05) is 32.4 Å². The van der Waals surface area contributed by atoms with Crippen LogP contribution in [0.25, 0.3) is 0 Å². The van der Waals surface area contributed by atoms with Gasteiger partial charge in [-0.25, -0.2) is 0 Å². The highest BCUT2D eigenvalue weighted by atomic mass is 16.2. The van der Waals surface area contributed by atoms with Crippen molar-refractivity contribution >= 4 is 5.91 Å². The third-order valence-corrected chi connectivity index (χ3v) is 4.35. The lowest BCUT2D eigenvalue weighted by Gasteiger charge is -2.30. The fourth-order valence-electron chi connectivity index (χ4n) is 2.89. The first-order chi connectivity index (χ1) is 10.1. The minimum absolute atomic E-state index is 0.153. The van der Waals surface area contributed by atoms with Crippen LogP contribution >= 0.6 is 0 Å². The zero-order valence-corrected chi connectivity index (χ0v) is 13.6. The first kappa shape index (κ1) is 16.0. The number of piperidine rings is 1. The van der Waals surface area contributed by atoms with Crippen LogP contribution < -0.4 is 5.32 Å². The summed E-state index contributed by atoms with van der Waals surface area (Å²) in [4.78, 5) is 14.6. The third-order valence-electron chi connectivity index (χ3n) is 4.35. The van der Waals surface area contributed by atoms with Crippen LogP contribution in [0, 0.1) is 0 Å². The van der Waals surface area contributed by atoms with Crippen LogP contribution in [-0.4, -0.2) is 36.5 Å². The molecular formula is C18H28N2O. The molecule has 21 heavy (non-hydrogen) atoms. The summed E-state index contributed by atoms with van der Waals surface area (Å²) in [7, 11) is 0. The molecule has 2 rings (SSSR count). The van der Waals surface area contributed by atoms with Crippen LogP contribution in [0.3, 0.4) is 0 Å². The Morgan fingerprint density at radius 3 is 2.52 bits per heavy atom. The van der Waals surface area contributed by atoms with Crippen LogP contribution in [0.15, 0.2) is 24.3 Å². The number of nitrogens with zero attached hydrogens (tertiary/aromatic N) is 1. The van der Waals surface area contributed by atoms with E-state index >= 15 is 0 Å². The summed E-state index contributed by atoms with van der Waals surface area (Å²) < 4.78 is 0. The van der Waals surface area contributed by atoms with Crippen molar-refractivity contribution in [3.8, 4) is 0 Å². The summed E-state index contributed by atoms with van der Waals surface area (Å²) >= 11 is 0. The Labute approximate surface area is 128 Å². The lowest BCUT2D eigenvalue weighted by atomic mass is 10.0. The minimum atomic E-state index is 0.153. The molecule has 0 aromatic heterocycles. The molecule has 3 nitrogen and oxygen atoms in total. The van der Waals surface area contributed by atoms with Gasteiger partial charge in [-0.2, -0.15) is 0 Å². The molecule has 1 unspecified atom stereocenters. The monoisotopic (exact) mass is 288 g/mol. The van der Waals surface area contributed by atoms with E-state index in [1.165, 1.54) is 24.8 Å². The Morgan fingerprint density at radius 1 is 1.29 bits per heavy atom. The Kier molecular flexibility index (Phi) is 5.80. The lowest BCUT2D eigenvalue weighted by molar-refractivity contribution is 0.0741. The third kappa shape index (κ3) is 4.31. The quantitative estimate of drug-likeness (QED) is 0.900. The number of benzene rings is 1. The smallest absolute Gasteiger partial charge is 0.253 e. The molecule has 1 saturated heterocycles. The average molecular weight is 288 g/mol. The molecule has 0 radical (unpaired) electrons. The molecule has 0 bridgehead atoms. The van der Waals surface area contributed by atoms with Crippen LogP contribution in [-0.2, 0) is 0 Å². The molecule has 1 amide bonds. The van der Waals surface area contributed by atoms with Gasteiger partial charge < -0.3 is 10.2 Å². The number of hydrogen-bond acceptors (Lipinski definition) is 2. The predicted octanol–water partition coefficient (Wildman–Crippen LogP) is 3.41. The van der Waals surface area contributed by atoms with Gasteiger partial charge in [0.2, 0.25) is 0 Å². The predicted molar refractivity (Wildman–Crippen MR) is 87.8 cm³/mol. The molecule has 1 N–H and O–H groups in total. The van der Waals surface area contributed by atoms with Crippen molar-refractivity contribution in [2.24, 2.45) is 0 Å². The van der Waals surface area contributed by atoms with Gasteiger partial charge in [0.15, 0.2) is 0 Å². The molecule has 0 spiro atoms. The van der Waals surface area contributed by atoms with Gasteiger partial charge in [0.05, 0.1) is 0 Å². The van der Waals surface area contributed by atoms with E-state index in [0.29, 0.717) is 12.0 Å². The summed E-state index contributed by atoms with van der Waals surface area (Å²) in [6, 6.07) is 8.54. The lowest BCUT2D eigenvalue weighted by Crippen LogP contribution is -2.45. The number of carbonyl (C=O) groups is 1. The summed E-state index contributed by atoms with van der Waals surface area (Å²) in [6.45, 7) is 9.07. The average Bonchev–Trinajstić information content (AvgIpc) is 2.53. The molecule has 1 aliphatic heterocycles. The summed E-state index contributed by atoms with van der Waals surface area (Å²) in [6.07, 6.45) is 3.70. The fraction of sp³-hybridized carbons (Fsp3) is 0.611. The summed E-state index contributed by atoms with van der Waals surface area (Å²) in [5.41, 5.74) is 2.08. The Hall–Kier alpha value is -1.35. The highest BCUT2D eigenvalue weighted by molar-refractivity contribution is 5.94. The molecule has 1 heterocycles. The second kappa shape index (κ2) is 7.60. The van der Waals surface area contributed by atoms with Crippen LogP contribution in [0.4, 0.5) is 0 Å². The van der Waals surface area contributed by atoms with E-state index in [1.807, 2.05) is 17.0 Å². The van der Waals surface area contributed by atoms with Gasteiger partial charge in [0.25, 0.3) is 5.91 Å². The normalized spacial score (nSPS) is 18.8. The Balaban J connectivity index is 2.01. The van der Waals surface area contributed by atoms with E-state index in [9.17, 15) is 4.79 Å². The van der Waals surface area contributed by atoms with Crippen molar-refractivity contribution in [1.82, 2.24) is 10.2 Å². The van der Waals surface area contributed by atoms with E-state index in [0.717, 1.165) is 25.2 Å². The van der Waals surface area contributed by atoms with Crippen molar-refractivity contribution in [1.29, 1.82) is 0 Å².